The van der Waals surface area contributed by atoms with E-state index in [1.54, 1.807) is 12.3 Å². The first kappa shape index (κ1) is 23.7. The second kappa shape index (κ2) is 10.8. The van der Waals surface area contributed by atoms with E-state index < -0.39 is 6.02 Å². The predicted octanol–water partition coefficient (Wildman–Crippen LogP) is 7.45. The fourth-order valence-electron chi connectivity index (χ4n) is 4.79. The minimum Gasteiger partial charge on any atom is -0.377 e. The molecule has 194 valence electrons. The molecule has 2 N–H and O–H groups in total. The van der Waals surface area contributed by atoms with Crippen molar-refractivity contribution in [3.8, 4) is 6.07 Å². The first-order valence-electron chi connectivity index (χ1n) is 13.6. The van der Waals surface area contributed by atoms with Crippen LogP contribution in [0.2, 0.25) is 5.02 Å². The van der Waals surface area contributed by atoms with Crippen molar-refractivity contribution in [3.05, 3.63) is 113 Å². The molecule has 7 nitrogen and oxygen atoms in total. The third kappa shape index (κ3) is 5.16. The third-order valence-corrected chi connectivity index (χ3v) is 7.28. The van der Waals surface area contributed by atoms with E-state index in [-0.39, 0.29) is 6.04 Å². The fraction of sp³-hybridized carbons (Fsp3) is 0.226. The molecular formula is C31H28ClN7. The summed E-state index contributed by atoms with van der Waals surface area (Å²) in [7, 11) is 0. The summed E-state index contributed by atoms with van der Waals surface area (Å²) in [5, 5.41) is 26.8. The summed E-state index contributed by atoms with van der Waals surface area (Å²) in [5.41, 5.74) is 4.57. The van der Waals surface area contributed by atoms with Crippen LogP contribution < -0.4 is 10.6 Å². The molecule has 0 unspecified atom stereocenters. The number of fused-ring (bicyclic) bond motifs is 1. The van der Waals surface area contributed by atoms with Crippen molar-refractivity contribution in [1.29, 1.82) is 5.26 Å². The SMILES string of the molecule is [2H][C@](Nc1cc(Cl)c2ncc(C#N)c(N[C@H](CC)c3ccccc3)c2c1)(c1ccccc1)c1cn(C2CC2)nn1. The molecule has 0 bridgehead atoms. The first-order valence-corrected chi connectivity index (χ1v) is 13.5. The van der Waals surface area contributed by atoms with Gasteiger partial charge in [0.15, 0.2) is 0 Å². The molecule has 2 aromatic heterocycles. The normalized spacial score (nSPS) is 15.7. The van der Waals surface area contributed by atoms with Crippen LogP contribution in [0.4, 0.5) is 11.4 Å². The summed E-state index contributed by atoms with van der Waals surface area (Å²) in [6.07, 6.45) is 6.35. The Morgan fingerprint density at radius 3 is 2.46 bits per heavy atom. The van der Waals surface area contributed by atoms with E-state index in [2.05, 4.69) is 51.1 Å². The number of hydrogen-bond acceptors (Lipinski definition) is 6. The van der Waals surface area contributed by atoms with Crippen LogP contribution in [0.5, 0.6) is 0 Å². The minimum absolute atomic E-state index is 0.0219. The number of rotatable bonds is 9. The zero-order valence-corrected chi connectivity index (χ0v) is 22.2. The fourth-order valence-corrected chi connectivity index (χ4v) is 5.06. The summed E-state index contributed by atoms with van der Waals surface area (Å²) < 4.78 is 11.5. The molecule has 0 spiro atoms. The Morgan fingerprint density at radius 1 is 1.08 bits per heavy atom. The van der Waals surface area contributed by atoms with E-state index in [4.69, 9.17) is 11.6 Å². The molecule has 0 saturated heterocycles. The second-order valence-electron chi connectivity index (χ2n) is 9.71. The number of anilines is 2. The topological polar surface area (TPSA) is 91.5 Å². The van der Waals surface area contributed by atoms with Gasteiger partial charge in [0.1, 0.15) is 11.8 Å². The van der Waals surface area contributed by atoms with Gasteiger partial charge in [-0.25, -0.2) is 4.68 Å². The zero-order chi connectivity index (χ0) is 27.7. The zero-order valence-electron chi connectivity index (χ0n) is 22.5. The quantitative estimate of drug-likeness (QED) is 0.204. The van der Waals surface area contributed by atoms with Crippen molar-refractivity contribution >= 4 is 33.9 Å². The average Bonchev–Trinajstić information content (AvgIpc) is 3.72. The molecule has 2 atom stereocenters. The van der Waals surface area contributed by atoms with Gasteiger partial charge in [0.25, 0.3) is 0 Å². The van der Waals surface area contributed by atoms with Gasteiger partial charge in [0, 0.05) is 17.3 Å². The van der Waals surface area contributed by atoms with Gasteiger partial charge in [-0.15, -0.1) is 5.10 Å². The maximum Gasteiger partial charge on any atom is 0.109 e. The molecular weight excluding hydrogens is 506 g/mol. The van der Waals surface area contributed by atoms with Gasteiger partial charge in [-0.1, -0.05) is 84.4 Å². The lowest BCUT2D eigenvalue weighted by atomic mass is 10.0. The Balaban J connectivity index is 1.45. The van der Waals surface area contributed by atoms with E-state index in [1.807, 2.05) is 65.5 Å². The molecule has 6 rings (SSSR count). The number of aromatic nitrogens is 4. The Bertz CT molecular complexity index is 1700. The smallest absolute Gasteiger partial charge is 0.109 e. The molecule has 1 aliphatic carbocycles. The van der Waals surface area contributed by atoms with Crippen LogP contribution in [0.3, 0.4) is 0 Å². The lowest BCUT2D eigenvalue weighted by Gasteiger charge is -2.22. The molecule has 0 amide bonds. The molecule has 1 fully saturated rings. The van der Waals surface area contributed by atoms with E-state index in [1.165, 1.54) is 0 Å². The number of benzene rings is 3. The van der Waals surface area contributed by atoms with Crippen molar-refractivity contribution in [2.24, 2.45) is 0 Å². The van der Waals surface area contributed by atoms with Crippen molar-refractivity contribution in [2.45, 2.75) is 44.3 Å². The summed E-state index contributed by atoms with van der Waals surface area (Å²) >= 11 is 6.79. The Morgan fingerprint density at radius 2 is 1.79 bits per heavy atom. The van der Waals surface area contributed by atoms with Crippen LogP contribution in [0.15, 0.2) is 85.2 Å². The van der Waals surface area contributed by atoms with E-state index in [0.29, 0.717) is 50.2 Å². The van der Waals surface area contributed by atoms with Crippen LogP contribution in [-0.2, 0) is 0 Å². The second-order valence-corrected chi connectivity index (χ2v) is 10.1. The number of nitriles is 1. The van der Waals surface area contributed by atoms with Gasteiger partial charge in [0.05, 0.1) is 47.5 Å². The highest BCUT2D eigenvalue weighted by Gasteiger charge is 2.27. The lowest BCUT2D eigenvalue weighted by molar-refractivity contribution is 0.610. The molecule has 2 heterocycles. The number of nitrogens with zero attached hydrogens (tertiary/aromatic N) is 5. The van der Waals surface area contributed by atoms with Crippen LogP contribution in [0.25, 0.3) is 10.9 Å². The number of pyridine rings is 1. The molecule has 0 aliphatic heterocycles. The molecule has 5 aromatic rings. The van der Waals surface area contributed by atoms with Crippen molar-refractivity contribution in [3.63, 3.8) is 0 Å². The van der Waals surface area contributed by atoms with Crippen LogP contribution in [-0.4, -0.2) is 20.0 Å². The van der Waals surface area contributed by atoms with Gasteiger partial charge in [-0.05, 0) is 42.5 Å². The summed E-state index contributed by atoms with van der Waals surface area (Å²) in [6.45, 7) is 2.10. The van der Waals surface area contributed by atoms with Crippen LogP contribution >= 0.6 is 11.6 Å². The van der Waals surface area contributed by atoms with Gasteiger partial charge in [0.2, 0.25) is 0 Å². The Hall–Kier alpha value is -4.41. The van der Waals surface area contributed by atoms with Crippen molar-refractivity contribution in [2.75, 3.05) is 10.6 Å². The van der Waals surface area contributed by atoms with E-state index in [9.17, 15) is 6.63 Å². The minimum atomic E-state index is -1.44. The highest BCUT2D eigenvalue weighted by atomic mass is 35.5. The first-order chi connectivity index (χ1) is 19.5. The highest BCUT2D eigenvalue weighted by molar-refractivity contribution is 6.35. The van der Waals surface area contributed by atoms with Crippen LogP contribution in [0, 0.1) is 11.3 Å². The van der Waals surface area contributed by atoms with Gasteiger partial charge in [-0.2, -0.15) is 5.26 Å². The molecule has 39 heavy (non-hydrogen) atoms. The highest BCUT2D eigenvalue weighted by Crippen LogP contribution is 2.38. The molecule has 3 aromatic carbocycles. The third-order valence-electron chi connectivity index (χ3n) is 6.99. The average molecular weight is 535 g/mol. The van der Waals surface area contributed by atoms with Gasteiger partial charge in [-0.3, -0.25) is 4.98 Å². The van der Waals surface area contributed by atoms with Gasteiger partial charge < -0.3 is 10.6 Å². The Labute approximate surface area is 233 Å². The van der Waals surface area contributed by atoms with Crippen molar-refractivity contribution in [1.82, 2.24) is 20.0 Å². The maximum absolute atomic E-state index is 9.98. The number of halogens is 1. The Kier molecular flexibility index (Phi) is 6.53. The van der Waals surface area contributed by atoms with E-state index in [0.717, 1.165) is 24.8 Å². The summed E-state index contributed by atoms with van der Waals surface area (Å²) in [4.78, 5) is 4.51. The predicted molar refractivity (Wildman–Crippen MR) is 155 cm³/mol. The largest absolute Gasteiger partial charge is 0.377 e. The number of nitrogens with one attached hydrogen (secondary N) is 2. The molecule has 1 saturated carbocycles. The molecule has 1 aliphatic rings. The maximum atomic E-state index is 9.98. The summed E-state index contributed by atoms with van der Waals surface area (Å²) in [5.74, 6) is 0. The van der Waals surface area contributed by atoms with E-state index >= 15 is 0 Å². The lowest BCUT2D eigenvalue weighted by Crippen LogP contribution is -2.14. The monoisotopic (exact) mass is 534 g/mol. The number of hydrogen-bond donors (Lipinski definition) is 2. The van der Waals surface area contributed by atoms with Crippen molar-refractivity contribution < 1.29 is 1.37 Å². The molecule has 8 heteroatoms. The van der Waals surface area contributed by atoms with Crippen LogP contribution in [0.1, 0.15) is 68.0 Å². The molecule has 0 radical (unpaired) electrons. The standard InChI is InChI=1S/C31H28ClN7/c1-2-27(20-9-5-3-6-10-20)36-29-22(17-33)18-34-31-25(29)15-23(16-26(31)32)35-30(21-11-7-4-8-12-21)28-19-39(38-37-28)24-13-14-24/h3-12,15-16,18-19,24,27,30,35H,2,13-14H2,1H3,(H,34,36)/t27-,30+/m1/s1/i30D. The summed E-state index contributed by atoms with van der Waals surface area (Å²) in [6, 6.07) is 24.5. The van der Waals surface area contributed by atoms with Gasteiger partial charge >= 0.3 is 0 Å².